The maximum absolute atomic E-state index is 11.6. The van der Waals surface area contributed by atoms with Gasteiger partial charge in [0.1, 0.15) is 0 Å². The van der Waals surface area contributed by atoms with Crippen molar-refractivity contribution in [1.29, 1.82) is 0 Å². The van der Waals surface area contributed by atoms with E-state index in [0.717, 1.165) is 5.56 Å². The van der Waals surface area contributed by atoms with Gasteiger partial charge in [0.05, 0.1) is 12.1 Å². The molecule has 0 aromatic carbocycles. The molecule has 102 valence electrons. The summed E-state index contributed by atoms with van der Waals surface area (Å²) in [5.74, 6) is 2.60. The first kappa shape index (κ1) is 15.0. The number of terminal acetylenes is 1. The molecule has 0 spiro atoms. The number of aromatic nitrogens is 1. The summed E-state index contributed by atoms with van der Waals surface area (Å²) in [5.41, 5.74) is 6.41. The number of carbonyl (C=O) groups is 1. The minimum absolute atomic E-state index is 0.0213. The summed E-state index contributed by atoms with van der Waals surface area (Å²) in [4.78, 5) is 15.8. The van der Waals surface area contributed by atoms with E-state index in [4.69, 9.17) is 16.9 Å². The molecule has 1 aromatic heterocycles. The van der Waals surface area contributed by atoms with Gasteiger partial charge in [-0.3, -0.25) is 4.79 Å². The lowest BCUT2D eigenvalue weighted by molar-refractivity contribution is -0.122. The molecule has 1 aromatic rings. The second kappa shape index (κ2) is 7.39. The Kier molecular flexibility index (Phi) is 5.83. The van der Waals surface area contributed by atoms with Crippen molar-refractivity contribution in [2.75, 3.05) is 0 Å². The Morgan fingerprint density at radius 2 is 2.37 bits per heavy atom. The number of amides is 1. The number of hydrogen-bond donors (Lipinski definition) is 2. The molecule has 5 nitrogen and oxygen atoms in total. The van der Waals surface area contributed by atoms with Gasteiger partial charge in [0, 0.05) is 24.7 Å². The Bertz CT molecular complexity index is 466. The highest BCUT2D eigenvalue weighted by Crippen LogP contribution is 2.15. The number of nitrogens with one attached hydrogen (secondary N) is 1. The van der Waals surface area contributed by atoms with Gasteiger partial charge < -0.3 is 15.8 Å². The van der Waals surface area contributed by atoms with E-state index in [9.17, 15) is 4.79 Å². The predicted octanol–water partition coefficient (Wildman–Crippen LogP) is 0.836. The SMILES string of the molecule is C#CCC(N)C(=O)NCc1cccnc1OC(C)C. The molecule has 0 aliphatic carbocycles. The normalized spacial score (nSPS) is 11.7. The zero-order chi connectivity index (χ0) is 14.3. The molecule has 1 unspecified atom stereocenters. The van der Waals surface area contributed by atoms with Crippen LogP contribution in [0.2, 0.25) is 0 Å². The molecular weight excluding hydrogens is 242 g/mol. The molecule has 0 saturated heterocycles. The minimum Gasteiger partial charge on any atom is -0.475 e. The van der Waals surface area contributed by atoms with E-state index >= 15 is 0 Å². The zero-order valence-corrected chi connectivity index (χ0v) is 11.2. The lowest BCUT2D eigenvalue weighted by atomic mass is 10.2. The van der Waals surface area contributed by atoms with Gasteiger partial charge in [-0.05, 0) is 19.9 Å². The third kappa shape index (κ3) is 4.98. The monoisotopic (exact) mass is 261 g/mol. The van der Waals surface area contributed by atoms with E-state index < -0.39 is 6.04 Å². The largest absolute Gasteiger partial charge is 0.475 e. The van der Waals surface area contributed by atoms with Gasteiger partial charge in [0.2, 0.25) is 11.8 Å². The Hall–Kier alpha value is -2.06. The molecule has 0 radical (unpaired) electrons. The van der Waals surface area contributed by atoms with Gasteiger partial charge in [-0.25, -0.2) is 4.98 Å². The number of nitrogens with zero attached hydrogens (tertiary/aromatic N) is 1. The lowest BCUT2D eigenvalue weighted by Crippen LogP contribution is -2.40. The van der Waals surface area contributed by atoms with Gasteiger partial charge in [-0.2, -0.15) is 0 Å². The van der Waals surface area contributed by atoms with Crippen molar-refractivity contribution in [3.63, 3.8) is 0 Å². The average Bonchev–Trinajstić information content (AvgIpc) is 2.37. The highest BCUT2D eigenvalue weighted by atomic mass is 16.5. The van der Waals surface area contributed by atoms with Gasteiger partial charge >= 0.3 is 0 Å². The number of nitrogens with two attached hydrogens (primary N) is 1. The smallest absolute Gasteiger partial charge is 0.238 e. The third-order valence-corrected chi connectivity index (χ3v) is 2.32. The van der Waals surface area contributed by atoms with Crippen LogP contribution in [0, 0.1) is 12.3 Å². The van der Waals surface area contributed by atoms with Crippen LogP contribution >= 0.6 is 0 Å². The van der Waals surface area contributed by atoms with Crippen LogP contribution in [0.4, 0.5) is 0 Å². The Labute approximate surface area is 113 Å². The third-order valence-electron chi connectivity index (χ3n) is 2.32. The fourth-order valence-electron chi connectivity index (χ4n) is 1.42. The quantitative estimate of drug-likeness (QED) is 0.744. The molecular formula is C14H19N3O2. The summed E-state index contributed by atoms with van der Waals surface area (Å²) >= 11 is 0. The number of rotatable bonds is 6. The van der Waals surface area contributed by atoms with E-state index in [1.54, 1.807) is 12.3 Å². The van der Waals surface area contributed by atoms with Gasteiger partial charge in [-0.1, -0.05) is 6.07 Å². The summed E-state index contributed by atoms with van der Waals surface area (Å²) < 4.78 is 5.56. The minimum atomic E-state index is -0.684. The summed E-state index contributed by atoms with van der Waals surface area (Å²) in [7, 11) is 0. The van der Waals surface area contributed by atoms with Crippen molar-refractivity contribution >= 4 is 5.91 Å². The molecule has 1 rings (SSSR count). The first-order valence-electron chi connectivity index (χ1n) is 6.12. The van der Waals surface area contributed by atoms with Crippen molar-refractivity contribution in [2.24, 2.45) is 5.73 Å². The second-order valence-electron chi connectivity index (χ2n) is 4.37. The van der Waals surface area contributed by atoms with E-state index in [2.05, 4.69) is 16.2 Å². The summed E-state index contributed by atoms with van der Waals surface area (Å²) in [6.07, 6.45) is 7.00. The van der Waals surface area contributed by atoms with Gasteiger partial charge in [0.15, 0.2) is 0 Å². The Morgan fingerprint density at radius 3 is 3.00 bits per heavy atom. The summed E-state index contributed by atoms with van der Waals surface area (Å²) in [6, 6.07) is 2.95. The highest BCUT2D eigenvalue weighted by molar-refractivity contribution is 5.81. The molecule has 3 N–H and O–H groups in total. The first-order chi connectivity index (χ1) is 9.04. The van der Waals surface area contributed by atoms with Crippen LogP contribution in [0.25, 0.3) is 0 Å². The van der Waals surface area contributed by atoms with Gasteiger partial charge in [-0.15, -0.1) is 12.3 Å². The summed E-state index contributed by atoms with van der Waals surface area (Å²) in [6.45, 7) is 4.15. The van der Waals surface area contributed by atoms with Crippen LogP contribution in [0.5, 0.6) is 5.88 Å². The van der Waals surface area contributed by atoms with Gasteiger partial charge in [0.25, 0.3) is 0 Å². The van der Waals surface area contributed by atoms with E-state index in [0.29, 0.717) is 12.4 Å². The first-order valence-corrected chi connectivity index (χ1v) is 6.12. The molecule has 1 atom stereocenters. The fourth-order valence-corrected chi connectivity index (χ4v) is 1.42. The van der Waals surface area contributed by atoms with Crippen LogP contribution in [0.3, 0.4) is 0 Å². The van der Waals surface area contributed by atoms with Crippen LogP contribution < -0.4 is 15.8 Å². The molecule has 0 bridgehead atoms. The zero-order valence-electron chi connectivity index (χ0n) is 11.2. The van der Waals surface area contributed by atoms with Crippen LogP contribution in [0.1, 0.15) is 25.8 Å². The van der Waals surface area contributed by atoms with E-state index in [-0.39, 0.29) is 18.4 Å². The average molecular weight is 261 g/mol. The maximum Gasteiger partial charge on any atom is 0.238 e. The maximum atomic E-state index is 11.6. The fraction of sp³-hybridized carbons (Fsp3) is 0.429. The van der Waals surface area contributed by atoms with Crippen molar-refractivity contribution in [3.8, 4) is 18.2 Å². The standard InChI is InChI=1S/C14H19N3O2/c1-4-6-12(15)13(18)17-9-11-7-5-8-16-14(11)19-10(2)3/h1,5,7-8,10,12H,6,9,15H2,2-3H3,(H,17,18). The van der Waals surface area contributed by atoms with Crippen molar-refractivity contribution < 1.29 is 9.53 Å². The number of ether oxygens (including phenoxy) is 1. The molecule has 5 heteroatoms. The Balaban J connectivity index is 2.63. The number of hydrogen-bond acceptors (Lipinski definition) is 4. The number of pyridine rings is 1. The van der Waals surface area contributed by atoms with Crippen molar-refractivity contribution in [3.05, 3.63) is 23.9 Å². The van der Waals surface area contributed by atoms with Crippen molar-refractivity contribution in [1.82, 2.24) is 10.3 Å². The molecule has 0 aliphatic rings. The van der Waals surface area contributed by atoms with Crippen molar-refractivity contribution in [2.45, 2.75) is 39.0 Å². The molecule has 1 amide bonds. The molecule has 1 heterocycles. The molecule has 0 fully saturated rings. The van der Waals surface area contributed by atoms with Crippen LogP contribution in [-0.4, -0.2) is 23.0 Å². The molecule has 19 heavy (non-hydrogen) atoms. The van der Waals surface area contributed by atoms with E-state index in [1.165, 1.54) is 0 Å². The second-order valence-corrected chi connectivity index (χ2v) is 4.37. The topological polar surface area (TPSA) is 77.2 Å². The Morgan fingerprint density at radius 1 is 1.63 bits per heavy atom. The highest BCUT2D eigenvalue weighted by Gasteiger charge is 2.13. The lowest BCUT2D eigenvalue weighted by Gasteiger charge is -2.14. The van der Waals surface area contributed by atoms with E-state index in [1.807, 2.05) is 19.9 Å². The van der Waals surface area contributed by atoms with Crippen LogP contribution in [0.15, 0.2) is 18.3 Å². The number of carbonyl (C=O) groups excluding carboxylic acids is 1. The summed E-state index contributed by atoms with van der Waals surface area (Å²) in [5, 5.41) is 2.72. The van der Waals surface area contributed by atoms with Crippen LogP contribution in [-0.2, 0) is 11.3 Å². The molecule has 0 saturated carbocycles. The molecule has 0 aliphatic heterocycles. The predicted molar refractivity (Wildman–Crippen MR) is 73.3 cm³/mol.